The van der Waals surface area contributed by atoms with E-state index in [4.69, 9.17) is 0 Å². The first kappa shape index (κ1) is 20.2. The van der Waals surface area contributed by atoms with Crippen LogP contribution in [0.15, 0.2) is 18.2 Å². The quantitative estimate of drug-likeness (QED) is 0.598. The van der Waals surface area contributed by atoms with Gasteiger partial charge in [-0.15, -0.1) is 12.4 Å². The van der Waals surface area contributed by atoms with Crippen LogP contribution in [0.25, 0.3) is 0 Å². The number of nitrogens with one attached hydrogen (secondary N) is 4. The summed E-state index contributed by atoms with van der Waals surface area (Å²) >= 11 is 0. The maximum Gasteiger partial charge on any atom is 0.253 e. The monoisotopic (exact) mass is 376 g/mol. The normalized spacial score (nSPS) is 16.8. The summed E-state index contributed by atoms with van der Waals surface area (Å²) in [5, 5.41) is 8.56. The van der Waals surface area contributed by atoms with Gasteiger partial charge in [0.15, 0.2) is 0 Å². The Balaban J connectivity index is 0.00000288. The zero-order valence-electron chi connectivity index (χ0n) is 13.4. The van der Waals surface area contributed by atoms with E-state index in [-0.39, 0.29) is 35.6 Å². The van der Waals surface area contributed by atoms with E-state index in [1.54, 1.807) is 0 Å². The summed E-state index contributed by atoms with van der Waals surface area (Å²) < 4.78 is 25.2. The molecule has 0 aliphatic carbocycles. The van der Waals surface area contributed by atoms with E-state index in [0.717, 1.165) is 19.2 Å². The molecule has 0 radical (unpaired) electrons. The fourth-order valence-electron chi connectivity index (χ4n) is 2.34. The summed E-state index contributed by atoms with van der Waals surface area (Å²) in [4.78, 5) is 23.6. The van der Waals surface area contributed by atoms with Gasteiger partial charge in [0.25, 0.3) is 5.91 Å². The maximum absolute atomic E-state index is 12.5. The summed E-state index contributed by atoms with van der Waals surface area (Å²) in [6, 6.07) is 4.43. The molecule has 4 N–H and O–H groups in total. The molecule has 0 spiro atoms. The number of anilines is 2. The van der Waals surface area contributed by atoms with E-state index in [1.807, 2.05) is 0 Å². The van der Waals surface area contributed by atoms with Gasteiger partial charge in [-0.25, -0.2) is 8.42 Å². The molecular formula is C14H21ClN4O4S. The van der Waals surface area contributed by atoms with Gasteiger partial charge < -0.3 is 16.0 Å². The second-order valence-corrected chi connectivity index (χ2v) is 7.23. The van der Waals surface area contributed by atoms with E-state index in [1.165, 1.54) is 25.1 Å². The molecule has 1 fully saturated rings. The van der Waals surface area contributed by atoms with Crippen LogP contribution in [-0.2, 0) is 14.8 Å². The van der Waals surface area contributed by atoms with Gasteiger partial charge in [0.1, 0.15) is 0 Å². The van der Waals surface area contributed by atoms with Gasteiger partial charge in [0, 0.05) is 25.2 Å². The van der Waals surface area contributed by atoms with Gasteiger partial charge >= 0.3 is 0 Å². The molecular weight excluding hydrogens is 356 g/mol. The Hall–Kier alpha value is -1.84. The third-order valence-electron chi connectivity index (χ3n) is 3.28. The van der Waals surface area contributed by atoms with Crippen LogP contribution in [0.2, 0.25) is 0 Å². The van der Waals surface area contributed by atoms with Crippen molar-refractivity contribution >= 4 is 45.6 Å². The molecule has 24 heavy (non-hydrogen) atoms. The van der Waals surface area contributed by atoms with Crippen molar-refractivity contribution in [2.24, 2.45) is 0 Å². The lowest BCUT2D eigenvalue weighted by molar-refractivity contribution is -0.114. The summed E-state index contributed by atoms with van der Waals surface area (Å²) in [7, 11) is -3.53. The lowest BCUT2D eigenvalue weighted by atomic mass is 10.1. The molecule has 1 saturated heterocycles. The van der Waals surface area contributed by atoms with Crippen molar-refractivity contribution in [2.45, 2.75) is 19.4 Å². The Morgan fingerprint density at radius 1 is 1.29 bits per heavy atom. The fourth-order valence-corrected chi connectivity index (χ4v) is 2.92. The summed E-state index contributed by atoms with van der Waals surface area (Å²) in [5.74, 6) is -0.669. The molecule has 1 aliphatic heterocycles. The highest BCUT2D eigenvalue weighted by Crippen LogP contribution is 2.22. The van der Waals surface area contributed by atoms with Crippen LogP contribution < -0.4 is 20.7 Å². The average Bonchev–Trinajstić information content (AvgIpc) is 2.91. The third-order valence-corrected chi connectivity index (χ3v) is 3.87. The second kappa shape index (κ2) is 8.32. The number of hydrogen-bond donors (Lipinski definition) is 4. The fraction of sp³-hybridized carbons (Fsp3) is 0.429. The Kier molecular flexibility index (Phi) is 7.00. The smallest absolute Gasteiger partial charge is 0.253 e. The van der Waals surface area contributed by atoms with Crippen LogP contribution in [0.1, 0.15) is 23.7 Å². The molecule has 0 bridgehead atoms. The second-order valence-electron chi connectivity index (χ2n) is 5.48. The topological polar surface area (TPSA) is 116 Å². The van der Waals surface area contributed by atoms with E-state index < -0.39 is 15.9 Å². The zero-order chi connectivity index (χ0) is 17.0. The highest BCUT2D eigenvalue weighted by molar-refractivity contribution is 7.92. The van der Waals surface area contributed by atoms with Gasteiger partial charge in [-0.1, -0.05) is 0 Å². The van der Waals surface area contributed by atoms with E-state index in [2.05, 4.69) is 20.7 Å². The van der Waals surface area contributed by atoms with E-state index >= 15 is 0 Å². The number of carbonyl (C=O) groups excluding carboxylic acids is 2. The molecule has 1 aliphatic rings. The standard InChI is InChI=1S/C14H20N4O4S.ClH/c1-9(19)16-10-3-4-13(18-23(2,21)22)12(7-10)14(20)17-11-5-6-15-8-11;/h3-4,7,11,15,18H,5-6,8H2,1-2H3,(H,16,19)(H,17,20);1H. The molecule has 1 unspecified atom stereocenters. The molecule has 0 aromatic heterocycles. The van der Waals surface area contributed by atoms with Crippen LogP contribution in [0.3, 0.4) is 0 Å². The highest BCUT2D eigenvalue weighted by Gasteiger charge is 2.21. The number of amides is 2. The van der Waals surface area contributed by atoms with Gasteiger partial charge in [0.05, 0.1) is 17.5 Å². The zero-order valence-corrected chi connectivity index (χ0v) is 15.0. The van der Waals surface area contributed by atoms with Crippen LogP contribution in [-0.4, -0.2) is 45.6 Å². The molecule has 10 heteroatoms. The molecule has 1 atom stereocenters. The van der Waals surface area contributed by atoms with E-state index in [0.29, 0.717) is 12.2 Å². The van der Waals surface area contributed by atoms with Gasteiger partial charge in [-0.05, 0) is 31.2 Å². The van der Waals surface area contributed by atoms with Crippen LogP contribution in [0.5, 0.6) is 0 Å². The molecule has 8 nitrogen and oxygen atoms in total. The minimum Gasteiger partial charge on any atom is -0.348 e. The summed E-state index contributed by atoms with van der Waals surface area (Å²) in [6.45, 7) is 2.85. The minimum absolute atomic E-state index is 0. The predicted octanol–water partition coefficient (Wildman–Crippen LogP) is 0.530. The summed E-state index contributed by atoms with van der Waals surface area (Å²) in [5.41, 5.74) is 0.755. The largest absolute Gasteiger partial charge is 0.348 e. The Bertz CT molecular complexity index is 717. The molecule has 2 amide bonds. The Morgan fingerprint density at radius 3 is 2.54 bits per heavy atom. The van der Waals surface area contributed by atoms with Gasteiger partial charge in [-0.2, -0.15) is 0 Å². The van der Waals surface area contributed by atoms with Crippen molar-refractivity contribution in [3.63, 3.8) is 0 Å². The lowest BCUT2D eigenvalue weighted by Gasteiger charge is -2.16. The first-order valence-corrected chi connectivity index (χ1v) is 9.05. The van der Waals surface area contributed by atoms with Crippen molar-refractivity contribution in [3.8, 4) is 0 Å². The van der Waals surface area contributed by atoms with E-state index in [9.17, 15) is 18.0 Å². The molecule has 1 aromatic carbocycles. The summed E-state index contributed by atoms with van der Waals surface area (Å²) in [6.07, 6.45) is 1.82. The van der Waals surface area contributed by atoms with Crippen molar-refractivity contribution in [2.75, 3.05) is 29.4 Å². The molecule has 2 rings (SSSR count). The third kappa shape index (κ3) is 5.99. The average molecular weight is 377 g/mol. The number of halogens is 1. The van der Waals surface area contributed by atoms with Crippen LogP contribution >= 0.6 is 12.4 Å². The van der Waals surface area contributed by atoms with Crippen molar-refractivity contribution in [3.05, 3.63) is 23.8 Å². The number of carbonyl (C=O) groups is 2. The van der Waals surface area contributed by atoms with Gasteiger partial charge in [0.2, 0.25) is 15.9 Å². The first-order chi connectivity index (χ1) is 10.7. The number of benzene rings is 1. The van der Waals surface area contributed by atoms with Crippen molar-refractivity contribution in [1.82, 2.24) is 10.6 Å². The number of hydrogen-bond acceptors (Lipinski definition) is 5. The van der Waals surface area contributed by atoms with Crippen LogP contribution in [0, 0.1) is 0 Å². The Morgan fingerprint density at radius 2 is 2.00 bits per heavy atom. The molecule has 0 saturated carbocycles. The molecule has 134 valence electrons. The molecule has 1 aromatic rings. The van der Waals surface area contributed by atoms with Crippen molar-refractivity contribution in [1.29, 1.82) is 0 Å². The molecule has 1 heterocycles. The first-order valence-electron chi connectivity index (χ1n) is 7.15. The maximum atomic E-state index is 12.5. The minimum atomic E-state index is -3.53. The Labute approximate surface area is 147 Å². The van der Waals surface area contributed by atoms with Crippen molar-refractivity contribution < 1.29 is 18.0 Å². The number of sulfonamides is 1. The number of rotatable bonds is 5. The predicted molar refractivity (Wildman–Crippen MR) is 95.2 cm³/mol. The van der Waals surface area contributed by atoms with Crippen LogP contribution in [0.4, 0.5) is 11.4 Å². The lowest BCUT2D eigenvalue weighted by Crippen LogP contribution is -2.36. The highest BCUT2D eigenvalue weighted by atomic mass is 35.5. The van der Waals surface area contributed by atoms with Gasteiger partial charge in [-0.3, -0.25) is 14.3 Å². The SMILES string of the molecule is CC(=O)Nc1ccc(NS(C)(=O)=O)c(C(=O)NC2CCNC2)c1.Cl.